The highest BCUT2D eigenvalue weighted by molar-refractivity contribution is 5.86. The Morgan fingerprint density at radius 2 is 2.00 bits per heavy atom. The number of ketones is 1. The molecular formula is C11H19NO7. The molecule has 0 aliphatic carbocycles. The van der Waals surface area contributed by atoms with E-state index >= 15 is 0 Å². The van der Waals surface area contributed by atoms with E-state index in [2.05, 4.69) is 0 Å². The predicted molar refractivity (Wildman–Crippen MR) is 62.3 cm³/mol. The molecule has 8 nitrogen and oxygen atoms in total. The maximum Gasteiger partial charge on any atom is 0.320 e. The van der Waals surface area contributed by atoms with E-state index in [9.17, 15) is 19.8 Å². The van der Waals surface area contributed by atoms with Crippen LogP contribution in [0, 0.1) is 0 Å². The van der Waals surface area contributed by atoms with Gasteiger partial charge in [0.2, 0.25) is 0 Å². The molecule has 8 heteroatoms. The third-order valence-electron chi connectivity index (χ3n) is 3.05. The molecule has 0 amide bonds. The minimum atomic E-state index is -1.92. The van der Waals surface area contributed by atoms with Gasteiger partial charge in [-0.05, 0) is 19.4 Å². The van der Waals surface area contributed by atoms with Gasteiger partial charge in [-0.15, -0.1) is 0 Å². The Labute approximate surface area is 111 Å². The Morgan fingerprint density at radius 1 is 1.37 bits per heavy atom. The predicted octanol–water partition coefficient (Wildman–Crippen LogP) is -2.82. The zero-order valence-corrected chi connectivity index (χ0v) is 10.2. The van der Waals surface area contributed by atoms with Crippen molar-refractivity contribution in [3.63, 3.8) is 0 Å². The standard InChI is InChI=1S/C11H19NO7/c13-5-8(15)10(17)9(16)7(14)4-12-3-1-2-6(12)11(18)19/h6,8-10,13,15-17H,1-5H2,(H,18,19)/t6-,8+,9+,10+/m0/s1/i2D/t2?,6-,8+,9+,10+. The number of aliphatic carboxylic acids is 1. The van der Waals surface area contributed by atoms with Gasteiger partial charge in [0, 0.05) is 1.37 Å². The van der Waals surface area contributed by atoms with Crippen LogP contribution in [0.15, 0.2) is 0 Å². The lowest BCUT2D eigenvalue weighted by atomic mass is 10.0. The number of likely N-dealkylation sites (tertiary alicyclic amines) is 1. The second-order valence-corrected chi connectivity index (χ2v) is 4.43. The molecule has 1 fully saturated rings. The van der Waals surface area contributed by atoms with Crippen molar-refractivity contribution >= 4 is 11.8 Å². The smallest absolute Gasteiger partial charge is 0.320 e. The van der Waals surface area contributed by atoms with E-state index in [1.807, 2.05) is 0 Å². The molecule has 1 unspecified atom stereocenters. The fourth-order valence-electron chi connectivity index (χ4n) is 1.92. The van der Waals surface area contributed by atoms with Gasteiger partial charge in [-0.1, -0.05) is 0 Å². The fraction of sp³-hybridized carbons (Fsp3) is 0.818. The van der Waals surface area contributed by atoms with Gasteiger partial charge >= 0.3 is 5.97 Å². The summed E-state index contributed by atoms with van der Waals surface area (Å²) in [6.07, 6.45) is -5.99. The number of carboxylic acid groups (broad SMARTS) is 1. The Bertz CT molecular complexity index is 367. The highest BCUT2D eigenvalue weighted by Gasteiger charge is 2.35. The number of rotatable bonds is 7. The number of aliphatic hydroxyl groups is 4. The maximum absolute atomic E-state index is 11.7. The number of carbonyl (C=O) groups excluding carboxylic acids is 1. The minimum Gasteiger partial charge on any atom is -0.480 e. The molecule has 0 aromatic carbocycles. The molecule has 0 radical (unpaired) electrons. The van der Waals surface area contributed by atoms with E-state index in [0.29, 0.717) is 6.42 Å². The number of nitrogens with zero attached hydrogens (tertiary/aromatic N) is 1. The Hall–Kier alpha value is -1.06. The Morgan fingerprint density at radius 3 is 2.53 bits per heavy atom. The molecule has 19 heavy (non-hydrogen) atoms. The third kappa shape index (κ3) is 3.95. The number of aliphatic hydroxyl groups excluding tert-OH is 4. The monoisotopic (exact) mass is 278 g/mol. The molecule has 5 atom stereocenters. The summed E-state index contributed by atoms with van der Waals surface area (Å²) in [6.45, 7) is -1.03. The van der Waals surface area contributed by atoms with Crippen LogP contribution in [0.3, 0.4) is 0 Å². The third-order valence-corrected chi connectivity index (χ3v) is 3.05. The molecule has 0 bridgehead atoms. The number of carboxylic acids is 1. The van der Waals surface area contributed by atoms with E-state index in [4.69, 9.17) is 16.7 Å². The van der Waals surface area contributed by atoms with E-state index in [0.717, 1.165) is 0 Å². The van der Waals surface area contributed by atoms with Crippen molar-refractivity contribution in [1.29, 1.82) is 0 Å². The first kappa shape index (κ1) is 14.4. The lowest BCUT2D eigenvalue weighted by Crippen LogP contribution is -2.48. The van der Waals surface area contributed by atoms with Crippen LogP contribution in [0.25, 0.3) is 0 Å². The van der Waals surface area contributed by atoms with Gasteiger partial charge in [0.25, 0.3) is 0 Å². The average Bonchev–Trinajstić information content (AvgIpc) is 2.76. The lowest BCUT2D eigenvalue weighted by Gasteiger charge is -2.24. The molecule has 0 aromatic rings. The first-order chi connectivity index (χ1) is 9.29. The molecule has 1 heterocycles. The highest BCUT2D eigenvalue weighted by Crippen LogP contribution is 2.17. The summed E-state index contributed by atoms with van der Waals surface area (Å²) in [5.74, 6) is -2.09. The van der Waals surface area contributed by atoms with Gasteiger partial charge in [-0.3, -0.25) is 14.5 Å². The normalized spacial score (nSPS) is 29.6. The van der Waals surface area contributed by atoms with E-state index in [-0.39, 0.29) is 6.54 Å². The van der Waals surface area contributed by atoms with Gasteiger partial charge in [0.05, 0.1) is 13.2 Å². The highest BCUT2D eigenvalue weighted by atomic mass is 16.4. The van der Waals surface area contributed by atoms with Crippen LogP contribution in [0.5, 0.6) is 0 Å². The summed E-state index contributed by atoms with van der Waals surface area (Å²) >= 11 is 0. The van der Waals surface area contributed by atoms with E-state index in [1.165, 1.54) is 4.90 Å². The van der Waals surface area contributed by atoms with Crippen LogP contribution in [0.2, 0.25) is 0 Å². The van der Waals surface area contributed by atoms with Crippen molar-refractivity contribution in [1.82, 2.24) is 4.90 Å². The molecule has 1 aliphatic rings. The number of hydrogen-bond acceptors (Lipinski definition) is 7. The molecule has 0 saturated carbocycles. The number of carbonyl (C=O) groups is 2. The van der Waals surface area contributed by atoms with Crippen molar-refractivity contribution in [2.24, 2.45) is 0 Å². The average molecular weight is 278 g/mol. The largest absolute Gasteiger partial charge is 0.480 e. The summed E-state index contributed by atoms with van der Waals surface area (Å²) in [5, 5.41) is 45.7. The second kappa shape index (κ2) is 6.92. The zero-order valence-electron chi connectivity index (χ0n) is 11.2. The van der Waals surface area contributed by atoms with Gasteiger partial charge in [-0.25, -0.2) is 0 Å². The maximum atomic E-state index is 11.7. The van der Waals surface area contributed by atoms with Crippen LogP contribution in [-0.4, -0.2) is 86.2 Å². The zero-order chi connectivity index (χ0) is 15.4. The first-order valence-corrected chi connectivity index (χ1v) is 5.86. The van der Waals surface area contributed by atoms with Crippen LogP contribution in [0.4, 0.5) is 0 Å². The van der Waals surface area contributed by atoms with Crippen molar-refractivity contribution in [3.05, 3.63) is 0 Å². The minimum absolute atomic E-state index is 0.224. The molecule has 0 spiro atoms. The van der Waals surface area contributed by atoms with Crippen molar-refractivity contribution < 1.29 is 36.5 Å². The van der Waals surface area contributed by atoms with E-state index in [1.54, 1.807) is 0 Å². The summed E-state index contributed by atoms with van der Waals surface area (Å²) in [7, 11) is 0. The van der Waals surface area contributed by atoms with Gasteiger partial charge < -0.3 is 25.5 Å². The lowest BCUT2D eigenvalue weighted by molar-refractivity contribution is -0.145. The van der Waals surface area contributed by atoms with Crippen LogP contribution in [-0.2, 0) is 9.59 Å². The first-order valence-electron chi connectivity index (χ1n) is 6.44. The molecule has 5 N–H and O–H groups in total. The molecule has 0 aromatic heterocycles. The van der Waals surface area contributed by atoms with Gasteiger partial charge in [-0.2, -0.15) is 0 Å². The molecular weight excluding hydrogens is 258 g/mol. The summed E-state index contributed by atoms with van der Waals surface area (Å²) in [6, 6.07) is -1.13. The van der Waals surface area contributed by atoms with Gasteiger partial charge in [0.15, 0.2) is 5.78 Å². The SMILES string of the molecule is [2H]C1CCN(CC(=O)[C@@H](O)[C@H](O)[C@H](O)CO)[C@@H]1C(=O)O. The number of hydrogen-bond donors (Lipinski definition) is 5. The van der Waals surface area contributed by atoms with Crippen molar-refractivity contribution in [3.8, 4) is 0 Å². The fourth-order valence-corrected chi connectivity index (χ4v) is 1.92. The summed E-state index contributed by atoms with van der Waals surface area (Å²) in [5.41, 5.74) is 0. The molecule has 1 saturated heterocycles. The topological polar surface area (TPSA) is 139 Å². The van der Waals surface area contributed by atoms with Crippen molar-refractivity contribution in [2.75, 3.05) is 19.7 Å². The number of Topliss-reactive ketones (excluding diaryl/α,β-unsaturated/α-hetero) is 1. The van der Waals surface area contributed by atoms with Crippen LogP contribution >= 0.6 is 0 Å². The molecule has 1 aliphatic heterocycles. The Kier molecular flexibility index (Phi) is 5.23. The van der Waals surface area contributed by atoms with Gasteiger partial charge in [0.1, 0.15) is 24.4 Å². The Balaban J connectivity index is 2.64. The van der Waals surface area contributed by atoms with E-state index < -0.39 is 55.7 Å². The van der Waals surface area contributed by atoms with Crippen LogP contribution in [0.1, 0.15) is 14.2 Å². The van der Waals surface area contributed by atoms with Crippen LogP contribution < -0.4 is 0 Å². The summed E-state index contributed by atoms with van der Waals surface area (Å²) in [4.78, 5) is 24.0. The molecule has 110 valence electrons. The summed E-state index contributed by atoms with van der Waals surface area (Å²) < 4.78 is 7.57. The quantitative estimate of drug-likeness (QED) is 0.336. The second-order valence-electron chi connectivity index (χ2n) is 4.43. The van der Waals surface area contributed by atoms with Crippen molar-refractivity contribution in [2.45, 2.75) is 37.2 Å². The molecule has 1 rings (SSSR count).